The SMILES string of the molecule is Cc1cc(Nc2cc(C)nc(C34CCC(C(=O)N[C@H](C)c5ccc(-n6cc(F)cn6)nc5)(CC3)CC4)n2)[nH]n1. The highest BCUT2D eigenvalue weighted by molar-refractivity contribution is 5.83. The zero-order chi connectivity index (χ0) is 27.2. The molecular formula is C28H32FN9O. The van der Waals surface area contributed by atoms with Crippen molar-refractivity contribution in [1.29, 1.82) is 0 Å². The summed E-state index contributed by atoms with van der Waals surface area (Å²) in [6, 6.07) is 7.35. The van der Waals surface area contributed by atoms with E-state index in [9.17, 15) is 9.18 Å². The maximum absolute atomic E-state index is 13.6. The lowest BCUT2D eigenvalue weighted by Gasteiger charge is -2.51. The molecule has 11 heteroatoms. The Hall–Kier alpha value is -4.15. The minimum atomic E-state index is -0.417. The number of halogens is 1. The van der Waals surface area contributed by atoms with E-state index in [2.05, 4.69) is 30.9 Å². The maximum Gasteiger partial charge on any atom is 0.226 e. The van der Waals surface area contributed by atoms with Gasteiger partial charge in [0.05, 0.1) is 24.1 Å². The van der Waals surface area contributed by atoms with Crippen LogP contribution in [-0.2, 0) is 10.2 Å². The van der Waals surface area contributed by atoms with Crippen molar-refractivity contribution < 1.29 is 9.18 Å². The van der Waals surface area contributed by atoms with E-state index in [1.807, 2.05) is 39.0 Å². The summed E-state index contributed by atoms with van der Waals surface area (Å²) in [7, 11) is 0. The molecule has 0 spiro atoms. The van der Waals surface area contributed by atoms with Crippen LogP contribution >= 0.6 is 0 Å². The minimum absolute atomic E-state index is 0.101. The average molecular weight is 530 g/mol. The molecule has 4 heterocycles. The molecule has 0 aromatic carbocycles. The van der Waals surface area contributed by atoms with Gasteiger partial charge >= 0.3 is 0 Å². The van der Waals surface area contributed by atoms with Crippen LogP contribution in [-0.4, -0.2) is 40.8 Å². The van der Waals surface area contributed by atoms with E-state index in [1.165, 1.54) is 10.9 Å². The van der Waals surface area contributed by atoms with E-state index in [1.54, 1.807) is 12.3 Å². The fourth-order valence-corrected chi connectivity index (χ4v) is 6.00. The summed E-state index contributed by atoms with van der Waals surface area (Å²) in [4.78, 5) is 27.7. The van der Waals surface area contributed by atoms with Crippen molar-refractivity contribution in [2.45, 2.75) is 70.8 Å². The second kappa shape index (κ2) is 9.55. The molecule has 0 radical (unpaired) electrons. The van der Waals surface area contributed by atoms with E-state index >= 15 is 0 Å². The van der Waals surface area contributed by atoms with E-state index in [0.717, 1.165) is 79.1 Å². The molecule has 7 rings (SSSR count). The summed E-state index contributed by atoms with van der Waals surface area (Å²) < 4.78 is 14.7. The molecule has 3 saturated carbocycles. The monoisotopic (exact) mass is 529 g/mol. The summed E-state index contributed by atoms with van der Waals surface area (Å²) >= 11 is 0. The van der Waals surface area contributed by atoms with Gasteiger partial charge < -0.3 is 10.6 Å². The molecular weight excluding hydrogens is 497 g/mol. The third-order valence-corrected chi connectivity index (χ3v) is 8.43. The van der Waals surface area contributed by atoms with Gasteiger partial charge in [0, 0.05) is 34.9 Å². The van der Waals surface area contributed by atoms with E-state index in [0.29, 0.717) is 5.82 Å². The van der Waals surface area contributed by atoms with Crippen LogP contribution in [0, 0.1) is 25.1 Å². The lowest BCUT2D eigenvalue weighted by atomic mass is 9.53. The van der Waals surface area contributed by atoms with Crippen LogP contribution in [0.4, 0.5) is 16.0 Å². The number of nitrogens with zero attached hydrogens (tertiary/aromatic N) is 6. The molecule has 3 fully saturated rings. The summed E-state index contributed by atoms with van der Waals surface area (Å²) in [5, 5.41) is 17.6. The Bertz CT molecular complexity index is 1480. The van der Waals surface area contributed by atoms with Crippen molar-refractivity contribution in [2.75, 3.05) is 5.32 Å². The number of fused-ring (bicyclic) bond motifs is 3. The van der Waals surface area contributed by atoms with E-state index < -0.39 is 5.82 Å². The molecule has 10 nitrogen and oxygen atoms in total. The van der Waals surface area contributed by atoms with Gasteiger partial charge in [-0.2, -0.15) is 10.2 Å². The summed E-state index contributed by atoms with van der Waals surface area (Å²) in [5.41, 5.74) is 2.24. The van der Waals surface area contributed by atoms with Gasteiger partial charge in [-0.1, -0.05) is 6.07 Å². The fourth-order valence-electron chi connectivity index (χ4n) is 6.00. The predicted molar refractivity (Wildman–Crippen MR) is 143 cm³/mol. The third kappa shape index (κ3) is 4.77. The second-order valence-corrected chi connectivity index (χ2v) is 11.1. The van der Waals surface area contributed by atoms with Crippen molar-refractivity contribution in [3.8, 4) is 5.82 Å². The number of pyridine rings is 1. The second-order valence-electron chi connectivity index (χ2n) is 11.1. The van der Waals surface area contributed by atoms with Crippen molar-refractivity contribution in [1.82, 2.24) is 40.2 Å². The van der Waals surface area contributed by atoms with Gasteiger partial charge in [-0.3, -0.25) is 9.89 Å². The molecule has 4 aromatic rings. The van der Waals surface area contributed by atoms with Crippen LogP contribution in [0.3, 0.4) is 0 Å². The number of amides is 1. The average Bonchev–Trinajstić information content (AvgIpc) is 3.57. The number of aromatic amines is 1. The molecule has 3 N–H and O–H groups in total. The number of hydrogen-bond acceptors (Lipinski definition) is 7. The number of carbonyl (C=O) groups excluding carboxylic acids is 1. The Morgan fingerprint density at radius 1 is 1.05 bits per heavy atom. The van der Waals surface area contributed by atoms with Gasteiger partial charge in [-0.05, 0) is 70.9 Å². The molecule has 0 saturated heterocycles. The zero-order valence-electron chi connectivity index (χ0n) is 22.3. The van der Waals surface area contributed by atoms with Crippen LogP contribution < -0.4 is 10.6 Å². The number of hydrogen-bond donors (Lipinski definition) is 3. The quantitative estimate of drug-likeness (QED) is 0.315. The summed E-state index contributed by atoms with van der Waals surface area (Å²) in [6.45, 7) is 5.89. The molecule has 1 amide bonds. The molecule has 0 unspecified atom stereocenters. The Morgan fingerprint density at radius 2 is 1.82 bits per heavy atom. The van der Waals surface area contributed by atoms with Gasteiger partial charge in [0.2, 0.25) is 5.91 Å². The molecule has 4 aromatic heterocycles. The molecule has 3 aliphatic carbocycles. The van der Waals surface area contributed by atoms with Crippen molar-refractivity contribution >= 4 is 17.5 Å². The number of aryl methyl sites for hydroxylation is 2. The largest absolute Gasteiger partial charge is 0.349 e. The van der Waals surface area contributed by atoms with Gasteiger partial charge in [0.1, 0.15) is 17.5 Å². The number of nitrogens with one attached hydrogen (secondary N) is 3. The van der Waals surface area contributed by atoms with Crippen LogP contribution in [0.15, 0.2) is 42.9 Å². The summed E-state index contributed by atoms with van der Waals surface area (Å²) in [5.74, 6) is 2.62. The van der Waals surface area contributed by atoms with Crippen LogP contribution in [0.1, 0.15) is 74.3 Å². The first-order chi connectivity index (χ1) is 18.7. The molecule has 2 bridgehead atoms. The minimum Gasteiger partial charge on any atom is -0.349 e. The zero-order valence-corrected chi connectivity index (χ0v) is 22.3. The lowest BCUT2D eigenvalue weighted by Crippen LogP contribution is -2.52. The smallest absolute Gasteiger partial charge is 0.226 e. The Morgan fingerprint density at radius 3 is 2.44 bits per heavy atom. The van der Waals surface area contributed by atoms with Crippen molar-refractivity contribution in [3.63, 3.8) is 0 Å². The molecule has 0 aliphatic heterocycles. The highest BCUT2D eigenvalue weighted by atomic mass is 19.1. The third-order valence-electron chi connectivity index (χ3n) is 8.43. The first kappa shape index (κ1) is 25.1. The van der Waals surface area contributed by atoms with Gasteiger partial charge in [0.15, 0.2) is 11.6 Å². The molecule has 1 atom stereocenters. The number of rotatable bonds is 7. The Kier molecular flexibility index (Phi) is 6.16. The topological polar surface area (TPSA) is 126 Å². The molecule has 39 heavy (non-hydrogen) atoms. The molecule has 3 aliphatic rings. The number of anilines is 2. The highest BCUT2D eigenvalue weighted by Gasteiger charge is 2.54. The predicted octanol–water partition coefficient (Wildman–Crippen LogP) is 4.75. The van der Waals surface area contributed by atoms with Crippen LogP contribution in [0.25, 0.3) is 5.82 Å². The van der Waals surface area contributed by atoms with E-state index in [4.69, 9.17) is 9.97 Å². The maximum atomic E-state index is 13.6. The lowest BCUT2D eigenvalue weighted by molar-refractivity contribution is -0.138. The van der Waals surface area contributed by atoms with Gasteiger partial charge in [-0.25, -0.2) is 24.0 Å². The Labute approximate surface area is 225 Å². The molecule has 202 valence electrons. The number of carbonyl (C=O) groups is 1. The standard InChI is InChI=1S/C28H32FN9O/c1-17-12-22(34-23-13-18(2)36-37-23)35-25(32-17)27-6-9-28(10-7-27,11-8-27)26(39)33-19(3)20-4-5-24(30-14-20)38-16-21(29)15-31-38/h4-5,12-16,19H,6-11H2,1-3H3,(H,33,39)(H2,32,34,35,36,37)/t19-,27?,28?/m1/s1. The van der Waals surface area contributed by atoms with Gasteiger partial charge in [0.25, 0.3) is 0 Å². The number of H-pyrrole nitrogens is 1. The summed E-state index contributed by atoms with van der Waals surface area (Å²) in [6.07, 6.45) is 9.22. The van der Waals surface area contributed by atoms with E-state index in [-0.39, 0.29) is 22.8 Å². The van der Waals surface area contributed by atoms with Crippen molar-refractivity contribution in [3.05, 3.63) is 71.4 Å². The first-order valence-electron chi connectivity index (χ1n) is 13.4. The first-order valence-corrected chi connectivity index (χ1v) is 13.4. The van der Waals surface area contributed by atoms with Crippen LogP contribution in [0.2, 0.25) is 0 Å². The van der Waals surface area contributed by atoms with Gasteiger partial charge in [-0.15, -0.1) is 0 Å². The fraction of sp³-hybridized carbons (Fsp3) is 0.429. The highest BCUT2D eigenvalue weighted by Crippen LogP contribution is 2.57. The normalized spacial score (nSPS) is 23.0. The van der Waals surface area contributed by atoms with Crippen LogP contribution in [0.5, 0.6) is 0 Å². The Balaban J connectivity index is 1.12. The van der Waals surface area contributed by atoms with Crippen molar-refractivity contribution in [2.24, 2.45) is 5.41 Å². The number of aromatic nitrogens is 7.